The van der Waals surface area contributed by atoms with E-state index < -0.39 is 5.97 Å². The van der Waals surface area contributed by atoms with Crippen molar-refractivity contribution in [2.45, 2.75) is 20.4 Å². The second-order valence-electron chi connectivity index (χ2n) is 3.53. The Morgan fingerprint density at radius 1 is 1.56 bits per heavy atom. The lowest BCUT2D eigenvalue weighted by atomic mass is 10.2. The van der Waals surface area contributed by atoms with E-state index in [1.807, 2.05) is 13.8 Å². The number of carboxylic acid groups (broad SMARTS) is 1. The number of hydrogen-bond acceptors (Lipinski definition) is 4. The molecule has 16 heavy (non-hydrogen) atoms. The Hall–Kier alpha value is -2.11. The Kier molecular flexibility index (Phi) is 2.47. The summed E-state index contributed by atoms with van der Waals surface area (Å²) in [5.41, 5.74) is 1.90. The topological polar surface area (TPSA) is 81.2 Å². The van der Waals surface area contributed by atoms with E-state index in [-0.39, 0.29) is 5.56 Å². The maximum atomic E-state index is 10.7. The fraction of sp³-hybridized carbons (Fsp3) is 0.300. The minimum atomic E-state index is -0.981. The molecular formula is C10H11N3O3. The van der Waals surface area contributed by atoms with Crippen LogP contribution in [-0.2, 0) is 6.54 Å². The zero-order valence-electron chi connectivity index (χ0n) is 8.97. The molecule has 2 heterocycles. The molecule has 0 aliphatic rings. The maximum Gasteiger partial charge on any atom is 0.338 e. The van der Waals surface area contributed by atoms with Crippen LogP contribution in [0.3, 0.4) is 0 Å². The van der Waals surface area contributed by atoms with Crippen LogP contribution in [0, 0.1) is 13.8 Å². The lowest BCUT2D eigenvalue weighted by Gasteiger charge is -1.99. The van der Waals surface area contributed by atoms with Crippen molar-refractivity contribution in [2.75, 3.05) is 0 Å². The predicted octanol–water partition coefficient (Wildman–Crippen LogP) is 1.23. The molecule has 0 fully saturated rings. The van der Waals surface area contributed by atoms with Gasteiger partial charge in [-0.1, -0.05) is 5.16 Å². The first kappa shape index (κ1) is 10.4. The van der Waals surface area contributed by atoms with Gasteiger partial charge in [0.15, 0.2) is 0 Å². The summed E-state index contributed by atoms with van der Waals surface area (Å²) in [4.78, 5) is 10.7. The average molecular weight is 221 g/mol. The third-order valence-corrected chi connectivity index (χ3v) is 2.38. The summed E-state index contributed by atoms with van der Waals surface area (Å²) in [7, 11) is 0. The quantitative estimate of drug-likeness (QED) is 0.843. The van der Waals surface area contributed by atoms with Crippen molar-refractivity contribution < 1.29 is 14.4 Å². The zero-order valence-corrected chi connectivity index (χ0v) is 8.97. The first-order valence-corrected chi connectivity index (χ1v) is 4.75. The van der Waals surface area contributed by atoms with Crippen LogP contribution in [0.2, 0.25) is 0 Å². The minimum absolute atomic E-state index is 0.173. The summed E-state index contributed by atoms with van der Waals surface area (Å²) < 4.78 is 6.57. The van der Waals surface area contributed by atoms with Crippen molar-refractivity contribution in [2.24, 2.45) is 0 Å². The van der Waals surface area contributed by atoms with Crippen LogP contribution >= 0.6 is 0 Å². The summed E-state index contributed by atoms with van der Waals surface area (Å²) in [6, 6.07) is 0. The molecule has 0 aromatic carbocycles. The lowest BCUT2D eigenvalue weighted by molar-refractivity contribution is 0.0697. The van der Waals surface area contributed by atoms with Crippen LogP contribution in [0.4, 0.5) is 0 Å². The highest BCUT2D eigenvalue weighted by atomic mass is 16.5. The molecule has 0 atom stereocenters. The highest BCUT2D eigenvalue weighted by Crippen LogP contribution is 2.13. The van der Waals surface area contributed by atoms with Crippen molar-refractivity contribution in [1.29, 1.82) is 0 Å². The molecule has 0 aliphatic heterocycles. The van der Waals surface area contributed by atoms with E-state index in [2.05, 4.69) is 10.3 Å². The van der Waals surface area contributed by atoms with Gasteiger partial charge in [-0.25, -0.2) is 4.79 Å². The maximum absolute atomic E-state index is 10.7. The van der Waals surface area contributed by atoms with Gasteiger partial charge in [0, 0.05) is 11.8 Å². The average Bonchev–Trinajstić information content (AvgIpc) is 2.80. The predicted molar refractivity (Wildman–Crippen MR) is 54.3 cm³/mol. The Labute approximate surface area is 91.5 Å². The van der Waals surface area contributed by atoms with E-state index in [1.54, 1.807) is 4.68 Å². The Morgan fingerprint density at radius 2 is 2.31 bits per heavy atom. The highest BCUT2D eigenvalue weighted by molar-refractivity contribution is 5.86. The van der Waals surface area contributed by atoms with Crippen LogP contribution in [0.1, 0.15) is 27.4 Å². The standard InChI is InChI=1S/C10H11N3O3/c1-6-9(7(2)16-12-6)5-13-4-8(3-11-13)10(14)15/h3-4H,5H2,1-2H3,(H,14,15). The zero-order chi connectivity index (χ0) is 11.7. The molecule has 0 unspecified atom stereocenters. The van der Waals surface area contributed by atoms with E-state index in [0.29, 0.717) is 6.54 Å². The number of aromatic carboxylic acids is 1. The number of carboxylic acids is 1. The second-order valence-corrected chi connectivity index (χ2v) is 3.53. The van der Waals surface area contributed by atoms with Gasteiger partial charge in [0.05, 0.1) is 24.0 Å². The molecule has 2 aromatic rings. The molecule has 0 amide bonds. The van der Waals surface area contributed by atoms with Gasteiger partial charge in [-0.15, -0.1) is 0 Å². The fourth-order valence-corrected chi connectivity index (χ4v) is 1.45. The van der Waals surface area contributed by atoms with Gasteiger partial charge >= 0.3 is 5.97 Å². The van der Waals surface area contributed by atoms with E-state index in [4.69, 9.17) is 9.63 Å². The van der Waals surface area contributed by atoms with Gasteiger partial charge < -0.3 is 9.63 Å². The normalized spacial score (nSPS) is 10.6. The van der Waals surface area contributed by atoms with Gasteiger partial charge in [0.25, 0.3) is 0 Å². The summed E-state index contributed by atoms with van der Waals surface area (Å²) in [5.74, 6) is -0.255. The molecule has 2 aromatic heterocycles. The first-order valence-electron chi connectivity index (χ1n) is 4.75. The molecule has 6 nitrogen and oxygen atoms in total. The summed E-state index contributed by atoms with van der Waals surface area (Å²) in [6.07, 6.45) is 2.80. The lowest BCUT2D eigenvalue weighted by Crippen LogP contribution is -2.02. The number of aromatic nitrogens is 3. The van der Waals surface area contributed by atoms with Crippen LogP contribution in [0.5, 0.6) is 0 Å². The summed E-state index contributed by atoms with van der Waals surface area (Å²) in [5, 5.41) is 16.5. The van der Waals surface area contributed by atoms with Crippen molar-refractivity contribution in [3.63, 3.8) is 0 Å². The second kappa shape index (κ2) is 3.80. The number of aryl methyl sites for hydroxylation is 2. The van der Waals surface area contributed by atoms with Crippen molar-refractivity contribution in [1.82, 2.24) is 14.9 Å². The smallest absolute Gasteiger partial charge is 0.338 e. The van der Waals surface area contributed by atoms with E-state index >= 15 is 0 Å². The Bertz CT molecular complexity index is 508. The molecule has 0 saturated carbocycles. The van der Waals surface area contributed by atoms with Gasteiger partial charge in [0.1, 0.15) is 5.76 Å². The van der Waals surface area contributed by atoms with E-state index in [0.717, 1.165) is 17.0 Å². The Balaban J connectivity index is 2.24. The summed E-state index contributed by atoms with van der Waals surface area (Å²) >= 11 is 0. The molecule has 84 valence electrons. The third kappa shape index (κ3) is 1.81. The molecular weight excluding hydrogens is 210 g/mol. The third-order valence-electron chi connectivity index (χ3n) is 2.38. The molecule has 0 radical (unpaired) electrons. The van der Waals surface area contributed by atoms with Gasteiger partial charge in [0.2, 0.25) is 0 Å². The number of rotatable bonds is 3. The van der Waals surface area contributed by atoms with Crippen LogP contribution in [0.25, 0.3) is 0 Å². The molecule has 2 rings (SSSR count). The molecule has 0 saturated heterocycles. The van der Waals surface area contributed by atoms with Gasteiger partial charge in [-0.05, 0) is 13.8 Å². The first-order chi connectivity index (χ1) is 7.58. The monoisotopic (exact) mass is 221 g/mol. The van der Waals surface area contributed by atoms with E-state index in [1.165, 1.54) is 12.4 Å². The van der Waals surface area contributed by atoms with Gasteiger partial charge in [-0.3, -0.25) is 4.68 Å². The molecule has 0 spiro atoms. The SMILES string of the molecule is Cc1noc(C)c1Cn1cc(C(=O)O)cn1. The van der Waals surface area contributed by atoms with Crippen molar-refractivity contribution in [3.8, 4) is 0 Å². The Morgan fingerprint density at radius 3 is 2.81 bits per heavy atom. The number of carbonyl (C=O) groups is 1. The molecule has 0 aliphatic carbocycles. The minimum Gasteiger partial charge on any atom is -0.478 e. The van der Waals surface area contributed by atoms with Crippen LogP contribution in [0.15, 0.2) is 16.9 Å². The molecule has 0 bridgehead atoms. The molecule has 1 N–H and O–H groups in total. The van der Waals surface area contributed by atoms with Gasteiger partial charge in [-0.2, -0.15) is 5.10 Å². The largest absolute Gasteiger partial charge is 0.478 e. The number of nitrogens with zero attached hydrogens (tertiary/aromatic N) is 3. The van der Waals surface area contributed by atoms with Crippen molar-refractivity contribution >= 4 is 5.97 Å². The van der Waals surface area contributed by atoms with E-state index in [9.17, 15) is 4.79 Å². The van der Waals surface area contributed by atoms with Crippen LogP contribution in [-0.4, -0.2) is 26.0 Å². The number of hydrogen-bond donors (Lipinski definition) is 1. The summed E-state index contributed by atoms with van der Waals surface area (Å²) in [6.45, 7) is 4.12. The van der Waals surface area contributed by atoms with Crippen LogP contribution < -0.4 is 0 Å². The highest BCUT2D eigenvalue weighted by Gasteiger charge is 2.11. The van der Waals surface area contributed by atoms with Crippen molar-refractivity contribution in [3.05, 3.63) is 35.0 Å². The fourth-order valence-electron chi connectivity index (χ4n) is 1.45. The molecule has 6 heteroatoms.